The number of benzene rings is 1. The van der Waals surface area contributed by atoms with E-state index in [2.05, 4.69) is 5.32 Å². The molecule has 0 aliphatic rings. The van der Waals surface area contributed by atoms with E-state index in [-0.39, 0.29) is 49.1 Å². The molecule has 1 heterocycles. The topological polar surface area (TPSA) is 83.5 Å². The quantitative estimate of drug-likeness (QED) is 0.602. The summed E-state index contributed by atoms with van der Waals surface area (Å²) in [6.45, 7) is 1.93. The fourth-order valence-electron chi connectivity index (χ4n) is 2.60. The molecule has 0 bridgehead atoms. The summed E-state index contributed by atoms with van der Waals surface area (Å²) < 4.78 is 0. The van der Waals surface area contributed by atoms with Crippen LogP contribution in [0.1, 0.15) is 45.8 Å². The third-order valence-corrected chi connectivity index (χ3v) is 5.41. The van der Waals surface area contributed by atoms with Gasteiger partial charge in [0.05, 0.1) is 11.3 Å². The highest BCUT2D eigenvalue weighted by Crippen LogP contribution is 2.18. The second kappa shape index (κ2) is 10.7. The lowest BCUT2D eigenvalue weighted by atomic mass is 10.1. The van der Waals surface area contributed by atoms with Gasteiger partial charge in [0.15, 0.2) is 5.78 Å². The molecule has 0 unspecified atom stereocenters. The van der Waals surface area contributed by atoms with E-state index >= 15 is 0 Å². The van der Waals surface area contributed by atoms with Crippen LogP contribution in [-0.2, 0) is 20.8 Å². The van der Waals surface area contributed by atoms with Crippen LogP contribution in [0.25, 0.3) is 0 Å². The number of amides is 2. The summed E-state index contributed by atoms with van der Waals surface area (Å²) >= 11 is 1.43. The number of nitrogens with one attached hydrogen (secondary N) is 1. The summed E-state index contributed by atoms with van der Waals surface area (Å²) in [5, 5.41) is 2.74. The van der Waals surface area contributed by atoms with E-state index in [4.69, 9.17) is 0 Å². The van der Waals surface area contributed by atoms with Gasteiger partial charge >= 0.3 is 0 Å². The highest BCUT2D eigenvalue weighted by Gasteiger charge is 2.13. The van der Waals surface area contributed by atoms with Crippen LogP contribution in [0.4, 0.5) is 5.69 Å². The van der Waals surface area contributed by atoms with Crippen LogP contribution in [0.5, 0.6) is 0 Å². The number of likely N-dealkylation sites (N-methyl/N-ethyl adjacent to an activating group) is 1. The van der Waals surface area contributed by atoms with Crippen LogP contribution < -0.4 is 5.32 Å². The van der Waals surface area contributed by atoms with Gasteiger partial charge < -0.3 is 10.2 Å². The molecule has 1 aromatic heterocycles. The number of rotatable bonds is 10. The molecule has 2 amide bonds. The van der Waals surface area contributed by atoms with Crippen molar-refractivity contribution >= 4 is 40.4 Å². The molecule has 0 saturated heterocycles. The first-order chi connectivity index (χ1) is 13.7. The van der Waals surface area contributed by atoms with E-state index in [1.54, 1.807) is 44.4 Å². The van der Waals surface area contributed by atoms with E-state index in [9.17, 15) is 19.2 Å². The number of nitrogens with zero attached hydrogens (tertiary/aromatic N) is 1. The van der Waals surface area contributed by atoms with Gasteiger partial charge in [0.25, 0.3) is 0 Å². The Bertz CT molecular complexity index is 884. The van der Waals surface area contributed by atoms with Crippen molar-refractivity contribution in [2.45, 2.75) is 39.0 Å². The van der Waals surface area contributed by atoms with E-state index in [0.717, 1.165) is 10.4 Å². The predicted octanol–water partition coefficient (Wildman–Crippen LogP) is 3.64. The Labute approximate surface area is 174 Å². The van der Waals surface area contributed by atoms with Crippen molar-refractivity contribution < 1.29 is 19.2 Å². The van der Waals surface area contributed by atoms with E-state index in [1.165, 1.54) is 16.2 Å². The number of hydrogen-bond donors (Lipinski definition) is 1. The molecular weight excluding hydrogens is 388 g/mol. The number of aryl methyl sites for hydroxylation is 1. The highest BCUT2D eigenvalue weighted by atomic mass is 32.1. The monoisotopic (exact) mass is 414 g/mol. The molecule has 2 aromatic rings. The number of anilines is 1. The molecule has 0 aliphatic heterocycles. The van der Waals surface area contributed by atoms with Crippen molar-refractivity contribution in [3.63, 3.8) is 0 Å². The number of carbonyl (C=O) groups excluding carboxylic acids is 4. The number of ketones is 2. The van der Waals surface area contributed by atoms with Crippen molar-refractivity contribution in [1.29, 1.82) is 0 Å². The van der Waals surface area contributed by atoms with Crippen molar-refractivity contribution in [2.24, 2.45) is 0 Å². The molecule has 1 N–H and O–H groups in total. The van der Waals surface area contributed by atoms with Crippen LogP contribution in [-0.4, -0.2) is 42.4 Å². The minimum absolute atomic E-state index is 0.00740. The molecule has 0 aliphatic carbocycles. The SMILES string of the molecule is Cc1ccc(C(=O)CCC(=O)CCC(=O)Nc2ccc(CC(=O)N(C)C)cc2)s1. The summed E-state index contributed by atoms with van der Waals surface area (Å²) in [4.78, 5) is 51.0. The Morgan fingerprint density at radius 2 is 1.55 bits per heavy atom. The van der Waals surface area contributed by atoms with E-state index < -0.39 is 0 Å². The molecular formula is C22H26N2O4S. The zero-order chi connectivity index (χ0) is 21.4. The lowest BCUT2D eigenvalue weighted by Gasteiger charge is -2.10. The Morgan fingerprint density at radius 3 is 2.14 bits per heavy atom. The molecule has 0 atom stereocenters. The third kappa shape index (κ3) is 7.62. The molecule has 0 radical (unpaired) electrons. The van der Waals surface area contributed by atoms with Crippen LogP contribution in [0.15, 0.2) is 36.4 Å². The van der Waals surface area contributed by atoms with Gasteiger partial charge in [-0.05, 0) is 36.8 Å². The number of hydrogen-bond acceptors (Lipinski definition) is 5. The molecule has 154 valence electrons. The Kier molecular flexibility index (Phi) is 8.27. The van der Waals surface area contributed by atoms with Crippen LogP contribution in [0, 0.1) is 6.92 Å². The normalized spacial score (nSPS) is 10.4. The van der Waals surface area contributed by atoms with Crippen molar-refractivity contribution in [3.05, 3.63) is 51.7 Å². The Morgan fingerprint density at radius 1 is 0.897 bits per heavy atom. The molecule has 2 rings (SSSR count). The number of Topliss-reactive ketones (excluding diaryl/α,β-unsaturated/α-hetero) is 2. The lowest BCUT2D eigenvalue weighted by molar-refractivity contribution is -0.128. The van der Waals surface area contributed by atoms with Gasteiger partial charge in [-0.15, -0.1) is 11.3 Å². The van der Waals surface area contributed by atoms with E-state index in [1.807, 2.05) is 13.0 Å². The van der Waals surface area contributed by atoms with Gasteiger partial charge in [-0.2, -0.15) is 0 Å². The smallest absolute Gasteiger partial charge is 0.226 e. The van der Waals surface area contributed by atoms with Crippen LogP contribution >= 0.6 is 11.3 Å². The molecule has 0 saturated carbocycles. The fourth-order valence-corrected chi connectivity index (χ4v) is 3.44. The number of thiophene rings is 1. The van der Waals surface area contributed by atoms with Gasteiger partial charge in [-0.1, -0.05) is 12.1 Å². The molecule has 0 fully saturated rings. The lowest BCUT2D eigenvalue weighted by Crippen LogP contribution is -2.23. The predicted molar refractivity (Wildman–Crippen MR) is 114 cm³/mol. The number of carbonyl (C=O) groups is 4. The summed E-state index contributed by atoms with van der Waals surface area (Å²) in [6.07, 6.45) is 0.814. The highest BCUT2D eigenvalue weighted by molar-refractivity contribution is 7.14. The summed E-state index contributed by atoms with van der Waals surface area (Å²) in [5.41, 5.74) is 1.48. The van der Waals surface area contributed by atoms with Crippen molar-refractivity contribution in [1.82, 2.24) is 4.90 Å². The molecule has 7 heteroatoms. The summed E-state index contributed by atoms with van der Waals surface area (Å²) in [5.74, 6) is -0.378. The Balaban J connectivity index is 1.71. The maximum Gasteiger partial charge on any atom is 0.226 e. The summed E-state index contributed by atoms with van der Waals surface area (Å²) in [7, 11) is 3.41. The largest absolute Gasteiger partial charge is 0.349 e. The van der Waals surface area contributed by atoms with Crippen molar-refractivity contribution in [2.75, 3.05) is 19.4 Å². The first-order valence-electron chi connectivity index (χ1n) is 9.45. The van der Waals surface area contributed by atoms with Gasteiger partial charge in [0.1, 0.15) is 5.78 Å². The average Bonchev–Trinajstić information content (AvgIpc) is 3.12. The third-order valence-electron chi connectivity index (χ3n) is 4.37. The second-order valence-electron chi connectivity index (χ2n) is 7.08. The van der Waals surface area contributed by atoms with Crippen LogP contribution in [0.3, 0.4) is 0 Å². The average molecular weight is 415 g/mol. The standard InChI is InChI=1S/C22H26N2O4S/c1-15-4-12-20(29-15)19(26)11-9-18(25)10-13-21(27)23-17-7-5-16(6-8-17)14-22(28)24(2)3/h4-8,12H,9-11,13-14H2,1-3H3,(H,23,27). The molecule has 1 aromatic carbocycles. The molecule has 29 heavy (non-hydrogen) atoms. The fraction of sp³-hybridized carbons (Fsp3) is 0.364. The van der Waals surface area contributed by atoms with Gasteiger partial charge in [-0.3, -0.25) is 19.2 Å². The maximum absolute atomic E-state index is 12.0. The molecule has 0 spiro atoms. The van der Waals surface area contributed by atoms with Gasteiger partial charge in [0.2, 0.25) is 11.8 Å². The van der Waals surface area contributed by atoms with Gasteiger partial charge in [-0.25, -0.2) is 0 Å². The van der Waals surface area contributed by atoms with Crippen LogP contribution in [0.2, 0.25) is 0 Å². The summed E-state index contributed by atoms with van der Waals surface area (Å²) in [6, 6.07) is 10.7. The maximum atomic E-state index is 12.0. The van der Waals surface area contributed by atoms with Crippen molar-refractivity contribution in [3.8, 4) is 0 Å². The first kappa shape index (κ1) is 22.5. The second-order valence-corrected chi connectivity index (χ2v) is 8.37. The zero-order valence-corrected chi connectivity index (χ0v) is 17.8. The minimum Gasteiger partial charge on any atom is -0.349 e. The van der Waals surface area contributed by atoms with E-state index in [0.29, 0.717) is 17.0 Å². The first-order valence-corrected chi connectivity index (χ1v) is 10.3. The Hall–Kier alpha value is -2.80. The minimum atomic E-state index is -0.254. The molecule has 6 nitrogen and oxygen atoms in total. The van der Waals surface area contributed by atoms with Gasteiger partial charge in [0, 0.05) is 50.3 Å². The zero-order valence-electron chi connectivity index (χ0n) is 17.0.